The summed E-state index contributed by atoms with van der Waals surface area (Å²) < 4.78 is 10.5. The van der Waals surface area contributed by atoms with Gasteiger partial charge >= 0.3 is 0 Å². The molecule has 1 amide bonds. The van der Waals surface area contributed by atoms with E-state index in [0.717, 1.165) is 30.9 Å². The minimum atomic E-state index is -0.214. The highest BCUT2D eigenvalue weighted by atomic mass is 35.5. The normalized spacial score (nSPS) is 15.1. The van der Waals surface area contributed by atoms with E-state index in [1.54, 1.807) is 19.2 Å². The number of nitrogens with zero attached hydrogens (tertiary/aromatic N) is 1. The van der Waals surface area contributed by atoms with E-state index >= 15 is 0 Å². The molecule has 160 valence electrons. The maximum Gasteiger partial charge on any atom is 0.255 e. The van der Waals surface area contributed by atoms with Gasteiger partial charge in [0.2, 0.25) is 0 Å². The summed E-state index contributed by atoms with van der Waals surface area (Å²) in [6, 6.07) is 11.1. The number of carbonyl (C=O) groups excluding carboxylic acids is 1. The largest absolute Gasteiger partial charge is 0.497 e. The Bertz CT molecular complexity index is 836. The Morgan fingerprint density at radius 2 is 2.00 bits per heavy atom. The van der Waals surface area contributed by atoms with E-state index < -0.39 is 0 Å². The summed E-state index contributed by atoms with van der Waals surface area (Å²) in [4.78, 5) is 14.9. The van der Waals surface area contributed by atoms with Crippen LogP contribution in [0.4, 0.5) is 11.4 Å². The second-order valence-corrected chi connectivity index (χ2v) is 6.99. The molecule has 1 atom stereocenters. The maximum absolute atomic E-state index is 12.6. The summed E-state index contributed by atoms with van der Waals surface area (Å²) in [7, 11) is 3.17. The van der Waals surface area contributed by atoms with Crippen LogP contribution in [0.3, 0.4) is 0 Å². The third kappa shape index (κ3) is 5.98. The molecule has 3 N–H and O–H groups in total. The highest BCUT2D eigenvalue weighted by Gasteiger charge is 2.24. The maximum atomic E-state index is 12.6. The van der Waals surface area contributed by atoms with Gasteiger partial charge < -0.3 is 25.4 Å². The van der Waals surface area contributed by atoms with Gasteiger partial charge in [0.15, 0.2) is 0 Å². The number of anilines is 2. The zero-order valence-corrected chi connectivity index (χ0v) is 18.7. The van der Waals surface area contributed by atoms with Gasteiger partial charge in [0.1, 0.15) is 11.5 Å². The second kappa shape index (κ2) is 11.2. The number of hydrogen-bond donors (Lipinski definition) is 2. The molecular formula is C20H26Cl3N3O3. The number of nitrogens with one attached hydrogen (secondary N) is 1. The summed E-state index contributed by atoms with van der Waals surface area (Å²) in [5, 5.41) is 3.33. The third-order valence-corrected chi connectivity index (χ3v) is 5.15. The Kier molecular flexibility index (Phi) is 9.70. The number of rotatable bonds is 6. The Morgan fingerprint density at radius 1 is 1.24 bits per heavy atom. The SMILES string of the molecule is COc1cccc(N2CCC(CNC(=O)c3cc(Cl)c(N)cc3OC)C2)c1.Cl.Cl. The predicted molar refractivity (Wildman–Crippen MR) is 123 cm³/mol. The fraction of sp³-hybridized carbons (Fsp3) is 0.350. The lowest BCUT2D eigenvalue weighted by Gasteiger charge is -2.19. The zero-order valence-electron chi connectivity index (χ0n) is 16.3. The standard InChI is InChI=1S/C20H24ClN3O3.2ClH/c1-26-15-5-3-4-14(8-15)24-7-6-13(12-24)11-23-20(25)16-9-17(21)18(22)10-19(16)27-2;;/h3-5,8-10,13H,6-7,11-12,22H2,1-2H3,(H,23,25);2*1H. The molecule has 6 nitrogen and oxygen atoms in total. The van der Waals surface area contributed by atoms with Crippen LogP contribution in [-0.4, -0.2) is 39.8 Å². The molecule has 29 heavy (non-hydrogen) atoms. The predicted octanol–water partition coefficient (Wildman–Crippen LogP) is 4.04. The molecule has 3 rings (SSSR count). The average Bonchev–Trinajstić information content (AvgIpc) is 3.17. The lowest BCUT2D eigenvalue weighted by molar-refractivity contribution is 0.0945. The molecule has 2 aromatic carbocycles. The van der Waals surface area contributed by atoms with Crippen LogP contribution in [0.25, 0.3) is 0 Å². The van der Waals surface area contributed by atoms with Gasteiger partial charge in [-0.3, -0.25) is 4.79 Å². The number of benzene rings is 2. The fourth-order valence-corrected chi connectivity index (χ4v) is 3.45. The first-order valence-electron chi connectivity index (χ1n) is 8.82. The van der Waals surface area contributed by atoms with Crippen LogP contribution in [0.1, 0.15) is 16.8 Å². The number of hydrogen-bond acceptors (Lipinski definition) is 5. The quantitative estimate of drug-likeness (QED) is 0.634. The molecule has 1 fully saturated rings. The van der Waals surface area contributed by atoms with Crippen LogP contribution in [-0.2, 0) is 0 Å². The van der Waals surface area contributed by atoms with Gasteiger partial charge in [0.05, 0.1) is 30.5 Å². The van der Waals surface area contributed by atoms with Crippen molar-refractivity contribution in [2.24, 2.45) is 5.92 Å². The summed E-state index contributed by atoms with van der Waals surface area (Å²) >= 11 is 6.05. The van der Waals surface area contributed by atoms with E-state index in [0.29, 0.717) is 34.5 Å². The van der Waals surface area contributed by atoms with Gasteiger partial charge in [-0.2, -0.15) is 0 Å². The summed E-state index contributed by atoms with van der Waals surface area (Å²) in [6.45, 7) is 2.42. The van der Waals surface area contributed by atoms with Gasteiger partial charge in [-0.05, 0) is 30.5 Å². The lowest BCUT2D eigenvalue weighted by atomic mass is 10.1. The van der Waals surface area contributed by atoms with E-state index in [4.69, 9.17) is 26.8 Å². The van der Waals surface area contributed by atoms with Gasteiger partial charge in [-0.15, -0.1) is 24.8 Å². The molecule has 2 aromatic rings. The first kappa shape index (κ1) is 25.0. The van der Waals surface area contributed by atoms with Gasteiger partial charge in [-0.1, -0.05) is 17.7 Å². The van der Waals surface area contributed by atoms with Crippen LogP contribution in [0.5, 0.6) is 11.5 Å². The first-order valence-corrected chi connectivity index (χ1v) is 9.19. The van der Waals surface area contributed by atoms with Crippen LogP contribution in [0.15, 0.2) is 36.4 Å². The van der Waals surface area contributed by atoms with Crippen LogP contribution in [0.2, 0.25) is 5.02 Å². The Morgan fingerprint density at radius 3 is 2.69 bits per heavy atom. The topological polar surface area (TPSA) is 76.8 Å². The molecule has 0 aromatic heterocycles. The van der Waals surface area contributed by atoms with Crippen molar-refractivity contribution >= 4 is 53.7 Å². The summed E-state index contributed by atoms with van der Waals surface area (Å²) in [6.07, 6.45) is 1.01. The number of ether oxygens (including phenoxy) is 2. The Balaban J connectivity index is 0.00000210. The number of halogens is 3. The molecule has 1 unspecified atom stereocenters. The highest BCUT2D eigenvalue weighted by molar-refractivity contribution is 6.33. The zero-order chi connectivity index (χ0) is 19.4. The number of amides is 1. The molecule has 1 aliphatic heterocycles. The molecule has 0 spiro atoms. The second-order valence-electron chi connectivity index (χ2n) is 6.59. The van der Waals surface area contributed by atoms with Crippen LogP contribution < -0.4 is 25.4 Å². The van der Waals surface area contributed by atoms with Gasteiger partial charge in [0, 0.05) is 37.5 Å². The van der Waals surface area contributed by atoms with Crippen LogP contribution >= 0.6 is 36.4 Å². The minimum Gasteiger partial charge on any atom is -0.497 e. The van der Waals surface area contributed by atoms with E-state index in [2.05, 4.69) is 16.3 Å². The third-order valence-electron chi connectivity index (χ3n) is 4.82. The van der Waals surface area contributed by atoms with Crippen molar-refractivity contribution in [2.45, 2.75) is 6.42 Å². The van der Waals surface area contributed by atoms with E-state index in [1.165, 1.54) is 7.11 Å². The monoisotopic (exact) mass is 461 g/mol. The Hall–Kier alpha value is -2.02. The summed E-state index contributed by atoms with van der Waals surface area (Å²) in [5.41, 5.74) is 7.68. The van der Waals surface area contributed by atoms with Crippen molar-refractivity contribution in [1.82, 2.24) is 5.32 Å². The Labute approximate surface area is 188 Å². The van der Waals surface area contributed by atoms with E-state index in [-0.39, 0.29) is 30.7 Å². The fourth-order valence-electron chi connectivity index (χ4n) is 3.29. The molecule has 1 heterocycles. The smallest absolute Gasteiger partial charge is 0.255 e. The van der Waals surface area contributed by atoms with Crippen molar-refractivity contribution in [3.8, 4) is 11.5 Å². The van der Waals surface area contributed by atoms with Gasteiger partial charge in [-0.25, -0.2) is 0 Å². The van der Waals surface area contributed by atoms with Gasteiger partial charge in [0.25, 0.3) is 5.91 Å². The molecule has 1 aliphatic rings. The lowest BCUT2D eigenvalue weighted by Crippen LogP contribution is -2.31. The van der Waals surface area contributed by atoms with Crippen molar-refractivity contribution in [1.29, 1.82) is 0 Å². The van der Waals surface area contributed by atoms with Crippen molar-refractivity contribution in [3.63, 3.8) is 0 Å². The van der Waals surface area contributed by atoms with E-state index in [1.807, 2.05) is 18.2 Å². The molecule has 9 heteroatoms. The number of nitrogen functional groups attached to an aromatic ring is 1. The molecule has 0 radical (unpaired) electrons. The molecule has 0 aliphatic carbocycles. The first-order chi connectivity index (χ1) is 13.0. The van der Waals surface area contributed by atoms with Crippen molar-refractivity contribution in [2.75, 3.05) is 44.5 Å². The van der Waals surface area contributed by atoms with E-state index in [9.17, 15) is 4.79 Å². The van der Waals surface area contributed by atoms with Crippen molar-refractivity contribution < 1.29 is 14.3 Å². The molecule has 1 saturated heterocycles. The molecular weight excluding hydrogens is 437 g/mol. The summed E-state index contributed by atoms with van der Waals surface area (Å²) in [5.74, 6) is 1.42. The number of carbonyl (C=O) groups is 1. The van der Waals surface area contributed by atoms with Crippen LogP contribution in [0, 0.1) is 5.92 Å². The molecule has 0 bridgehead atoms. The number of methoxy groups -OCH3 is 2. The average molecular weight is 463 g/mol. The highest BCUT2D eigenvalue weighted by Crippen LogP contribution is 2.29. The molecule has 0 saturated carbocycles. The number of nitrogens with two attached hydrogens (primary N) is 1. The minimum absolute atomic E-state index is 0. The van der Waals surface area contributed by atoms with Crippen molar-refractivity contribution in [3.05, 3.63) is 47.0 Å².